The number of nitrogens with one attached hydrogen (secondary N) is 1. The number of aryl methyl sites for hydroxylation is 1. The highest BCUT2D eigenvalue weighted by atomic mass is 16.5. The number of rotatable bonds is 6. The van der Waals surface area contributed by atoms with Gasteiger partial charge in [0.1, 0.15) is 6.61 Å². The van der Waals surface area contributed by atoms with Crippen molar-refractivity contribution in [3.8, 4) is 0 Å². The van der Waals surface area contributed by atoms with Crippen molar-refractivity contribution in [3.05, 3.63) is 29.6 Å². The molecule has 1 aliphatic heterocycles. The van der Waals surface area contributed by atoms with E-state index < -0.39 is 0 Å². The molecule has 1 unspecified atom stereocenters. The lowest BCUT2D eigenvalue weighted by molar-refractivity contribution is 0.0638. The molecule has 0 saturated carbocycles. The maximum atomic E-state index is 11.6. The molecule has 1 saturated heterocycles. The van der Waals surface area contributed by atoms with E-state index in [1.165, 1.54) is 18.4 Å². The molecule has 0 radical (unpaired) electrons. The van der Waals surface area contributed by atoms with Crippen LogP contribution < -0.4 is 5.32 Å². The average Bonchev–Trinajstić information content (AvgIpc) is 2.54. The zero-order valence-electron chi connectivity index (χ0n) is 13.7. The van der Waals surface area contributed by atoms with E-state index >= 15 is 0 Å². The minimum atomic E-state index is -0.301. The van der Waals surface area contributed by atoms with Crippen molar-refractivity contribution in [2.24, 2.45) is 0 Å². The predicted molar refractivity (Wildman–Crippen MR) is 86.7 cm³/mol. The van der Waals surface area contributed by atoms with Crippen LogP contribution in [0.5, 0.6) is 0 Å². The zero-order valence-corrected chi connectivity index (χ0v) is 13.7. The molecule has 1 aromatic heterocycles. The highest BCUT2D eigenvalue weighted by Gasteiger charge is 2.24. The fourth-order valence-corrected chi connectivity index (χ4v) is 2.81. The quantitative estimate of drug-likeness (QED) is 0.878. The van der Waals surface area contributed by atoms with E-state index in [2.05, 4.69) is 21.3 Å². The Hall–Kier alpha value is -1.62. The van der Waals surface area contributed by atoms with Crippen LogP contribution in [0, 0.1) is 6.92 Å². The largest absolute Gasteiger partial charge is 0.448 e. The van der Waals surface area contributed by atoms with Gasteiger partial charge in [0.15, 0.2) is 0 Å². The van der Waals surface area contributed by atoms with E-state index in [4.69, 9.17) is 4.74 Å². The average molecular weight is 305 g/mol. The molecule has 0 spiro atoms. The summed E-state index contributed by atoms with van der Waals surface area (Å²) in [6.07, 6.45) is 5.94. The van der Waals surface area contributed by atoms with Crippen LogP contribution in [-0.4, -0.2) is 41.7 Å². The van der Waals surface area contributed by atoms with Crippen molar-refractivity contribution < 1.29 is 9.53 Å². The van der Waals surface area contributed by atoms with Crippen molar-refractivity contribution in [3.63, 3.8) is 0 Å². The monoisotopic (exact) mass is 305 g/mol. The first-order chi connectivity index (χ1) is 10.7. The van der Waals surface area contributed by atoms with Gasteiger partial charge in [0.2, 0.25) is 0 Å². The molecule has 1 aromatic rings. The molecule has 5 nitrogen and oxygen atoms in total. The first-order valence-corrected chi connectivity index (χ1v) is 8.26. The number of piperidine rings is 1. The van der Waals surface area contributed by atoms with Crippen molar-refractivity contribution in [2.45, 2.75) is 52.1 Å². The number of amides is 1. The molecule has 1 fully saturated rings. The molecule has 122 valence electrons. The molecule has 1 N–H and O–H groups in total. The molecule has 0 aromatic carbocycles. The van der Waals surface area contributed by atoms with E-state index in [9.17, 15) is 4.79 Å². The lowest BCUT2D eigenvalue weighted by Crippen LogP contribution is -2.43. The van der Waals surface area contributed by atoms with Crippen molar-refractivity contribution >= 4 is 6.09 Å². The summed E-state index contributed by atoms with van der Waals surface area (Å²) in [6, 6.07) is 4.42. The molecule has 0 bridgehead atoms. The lowest BCUT2D eigenvalue weighted by atomic mass is 10.0. The third-order valence-corrected chi connectivity index (χ3v) is 4.17. The third-order valence-electron chi connectivity index (χ3n) is 4.17. The molecule has 1 amide bonds. The first kappa shape index (κ1) is 16.7. The number of carbonyl (C=O) groups is 1. The van der Waals surface area contributed by atoms with Crippen LogP contribution in [0.1, 0.15) is 43.9 Å². The van der Waals surface area contributed by atoms with Crippen LogP contribution in [0.25, 0.3) is 0 Å². The van der Waals surface area contributed by atoms with Gasteiger partial charge in [-0.2, -0.15) is 0 Å². The summed E-state index contributed by atoms with van der Waals surface area (Å²) in [6.45, 7) is 7.14. The van der Waals surface area contributed by atoms with Gasteiger partial charge in [-0.25, -0.2) is 4.79 Å². The Labute approximate surface area is 133 Å². The third kappa shape index (κ3) is 4.98. The molecule has 2 rings (SSSR count). The Kier molecular flexibility index (Phi) is 6.65. The SMILES string of the molecule is CCCNC(=O)OCC1CCCCN1Cc1cccnc1C. The Morgan fingerprint density at radius 2 is 2.36 bits per heavy atom. The van der Waals surface area contributed by atoms with Gasteiger partial charge in [-0.05, 0) is 44.4 Å². The summed E-state index contributed by atoms with van der Waals surface area (Å²) in [4.78, 5) is 18.4. The Balaban J connectivity index is 1.88. The van der Waals surface area contributed by atoms with Crippen LogP contribution in [-0.2, 0) is 11.3 Å². The maximum Gasteiger partial charge on any atom is 0.407 e. The fourth-order valence-electron chi connectivity index (χ4n) is 2.81. The summed E-state index contributed by atoms with van der Waals surface area (Å²) < 4.78 is 5.37. The van der Waals surface area contributed by atoms with Crippen molar-refractivity contribution in [1.82, 2.24) is 15.2 Å². The predicted octanol–water partition coefficient (Wildman–Crippen LogP) is 2.88. The number of ether oxygens (including phenoxy) is 1. The second kappa shape index (κ2) is 8.73. The minimum Gasteiger partial charge on any atom is -0.448 e. The van der Waals surface area contributed by atoms with E-state index in [-0.39, 0.29) is 6.09 Å². The molecular weight excluding hydrogens is 278 g/mol. The van der Waals surface area contributed by atoms with Crippen molar-refractivity contribution in [2.75, 3.05) is 19.7 Å². The van der Waals surface area contributed by atoms with Gasteiger partial charge >= 0.3 is 6.09 Å². The molecule has 2 heterocycles. The highest BCUT2D eigenvalue weighted by molar-refractivity contribution is 5.67. The van der Waals surface area contributed by atoms with Crippen molar-refractivity contribution in [1.29, 1.82) is 0 Å². The number of carbonyl (C=O) groups excluding carboxylic acids is 1. The Morgan fingerprint density at radius 3 is 3.14 bits per heavy atom. The van der Waals surface area contributed by atoms with Gasteiger partial charge in [0.05, 0.1) is 0 Å². The number of hydrogen-bond donors (Lipinski definition) is 1. The van der Waals surface area contributed by atoms with Crippen LogP contribution >= 0.6 is 0 Å². The minimum absolute atomic E-state index is 0.301. The number of pyridine rings is 1. The van der Waals surface area contributed by atoms with E-state index in [1.54, 1.807) is 0 Å². The van der Waals surface area contributed by atoms with Gasteiger partial charge in [-0.3, -0.25) is 9.88 Å². The molecule has 22 heavy (non-hydrogen) atoms. The number of nitrogens with zero attached hydrogens (tertiary/aromatic N) is 2. The smallest absolute Gasteiger partial charge is 0.407 e. The van der Waals surface area contributed by atoms with E-state index in [0.29, 0.717) is 19.2 Å². The van der Waals surface area contributed by atoms with Gasteiger partial charge in [0.25, 0.3) is 0 Å². The number of likely N-dealkylation sites (tertiary alicyclic amines) is 1. The van der Waals surface area contributed by atoms with Gasteiger partial charge in [0, 0.05) is 31.0 Å². The lowest BCUT2D eigenvalue weighted by Gasteiger charge is -2.35. The standard InChI is InChI=1S/C17H27N3O2/c1-3-9-19-17(21)22-13-16-8-4-5-11-20(16)12-15-7-6-10-18-14(15)2/h6-7,10,16H,3-5,8-9,11-13H2,1-2H3,(H,19,21). The molecule has 0 aliphatic carbocycles. The van der Waals surface area contributed by atoms with E-state index in [1.807, 2.05) is 26.1 Å². The maximum absolute atomic E-state index is 11.6. The normalized spacial score (nSPS) is 18.9. The number of aromatic nitrogens is 1. The van der Waals surface area contributed by atoms with Gasteiger partial charge < -0.3 is 10.1 Å². The van der Waals surface area contributed by atoms with Gasteiger partial charge in [-0.15, -0.1) is 0 Å². The highest BCUT2D eigenvalue weighted by Crippen LogP contribution is 2.20. The van der Waals surface area contributed by atoms with E-state index in [0.717, 1.165) is 31.6 Å². The summed E-state index contributed by atoms with van der Waals surface area (Å²) in [7, 11) is 0. The molecule has 1 atom stereocenters. The number of hydrogen-bond acceptors (Lipinski definition) is 4. The number of alkyl carbamates (subject to hydrolysis) is 1. The molecule has 5 heteroatoms. The summed E-state index contributed by atoms with van der Waals surface area (Å²) in [5.41, 5.74) is 2.33. The summed E-state index contributed by atoms with van der Waals surface area (Å²) >= 11 is 0. The van der Waals surface area contributed by atoms with Crippen LogP contribution in [0.15, 0.2) is 18.3 Å². The Bertz CT molecular complexity index is 479. The second-order valence-electron chi connectivity index (χ2n) is 5.89. The Morgan fingerprint density at radius 1 is 1.50 bits per heavy atom. The van der Waals surface area contributed by atoms with Gasteiger partial charge in [-0.1, -0.05) is 19.4 Å². The van der Waals surface area contributed by atoms with Crippen LogP contribution in [0.3, 0.4) is 0 Å². The first-order valence-electron chi connectivity index (χ1n) is 8.26. The fraction of sp³-hybridized carbons (Fsp3) is 0.647. The second-order valence-corrected chi connectivity index (χ2v) is 5.89. The topological polar surface area (TPSA) is 54.5 Å². The van der Waals surface area contributed by atoms with Crippen LogP contribution in [0.2, 0.25) is 0 Å². The van der Waals surface area contributed by atoms with Crippen LogP contribution in [0.4, 0.5) is 4.79 Å². The summed E-state index contributed by atoms with van der Waals surface area (Å²) in [5.74, 6) is 0. The molecule has 1 aliphatic rings. The summed E-state index contributed by atoms with van der Waals surface area (Å²) in [5, 5.41) is 2.76. The zero-order chi connectivity index (χ0) is 15.8. The molecular formula is C17H27N3O2.